The van der Waals surface area contributed by atoms with Gasteiger partial charge in [-0.3, -0.25) is 4.79 Å². The third kappa shape index (κ3) is 3.27. The summed E-state index contributed by atoms with van der Waals surface area (Å²) in [6, 6.07) is 5.39. The van der Waals surface area contributed by atoms with Gasteiger partial charge < -0.3 is 19.6 Å². The number of aliphatic hydroxyl groups is 1. The van der Waals surface area contributed by atoms with Crippen LogP contribution in [0.3, 0.4) is 0 Å². The van der Waals surface area contributed by atoms with Crippen molar-refractivity contribution in [2.24, 2.45) is 0 Å². The number of amides is 1. The molecule has 0 saturated heterocycles. The first-order valence-corrected chi connectivity index (χ1v) is 7.39. The molecule has 1 amide bonds. The fourth-order valence-electron chi connectivity index (χ4n) is 2.49. The Bertz CT molecular complexity index is 674. The monoisotopic (exact) mass is 325 g/mol. The normalized spacial score (nSPS) is 14.0. The van der Waals surface area contributed by atoms with E-state index in [4.69, 9.17) is 25.9 Å². The van der Waals surface area contributed by atoms with Crippen molar-refractivity contribution in [3.8, 4) is 0 Å². The summed E-state index contributed by atoms with van der Waals surface area (Å²) in [4.78, 5) is 12.5. The summed E-state index contributed by atoms with van der Waals surface area (Å²) < 4.78 is 10.8. The number of halogens is 1. The molecule has 2 N–H and O–H groups in total. The first kappa shape index (κ1) is 16.8. The molecule has 6 heteroatoms. The number of aliphatic hydroxyl groups excluding tert-OH is 1. The molecule has 2 rings (SSSR count). The number of methoxy groups -OCH3 is 1. The second kappa shape index (κ2) is 6.69. The zero-order valence-electron chi connectivity index (χ0n) is 12.9. The summed E-state index contributed by atoms with van der Waals surface area (Å²) in [6.07, 6.45) is 0.382. The lowest BCUT2D eigenvalue weighted by Gasteiger charge is -2.29. The molecule has 0 aliphatic rings. The summed E-state index contributed by atoms with van der Waals surface area (Å²) in [5.41, 5.74) is 0.566. The molecule has 0 bridgehead atoms. The van der Waals surface area contributed by atoms with Crippen LogP contribution in [-0.2, 0) is 4.74 Å². The van der Waals surface area contributed by atoms with Crippen molar-refractivity contribution >= 4 is 28.5 Å². The molecule has 1 unspecified atom stereocenters. The van der Waals surface area contributed by atoms with Gasteiger partial charge in [0.05, 0.1) is 17.2 Å². The Balaban J connectivity index is 2.33. The van der Waals surface area contributed by atoms with E-state index in [2.05, 4.69) is 5.32 Å². The van der Waals surface area contributed by atoms with Crippen LogP contribution in [0.25, 0.3) is 11.0 Å². The molecular weight excluding hydrogens is 306 g/mol. The first-order valence-electron chi connectivity index (χ1n) is 7.02. The van der Waals surface area contributed by atoms with E-state index < -0.39 is 5.54 Å². The number of aryl methyl sites for hydroxylation is 1. The molecule has 22 heavy (non-hydrogen) atoms. The topological polar surface area (TPSA) is 71.7 Å². The van der Waals surface area contributed by atoms with E-state index >= 15 is 0 Å². The first-order chi connectivity index (χ1) is 10.4. The van der Waals surface area contributed by atoms with Gasteiger partial charge in [0.25, 0.3) is 5.91 Å². The average Bonchev–Trinajstić information content (AvgIpc) is 2.78. The number of benzene rings is 1. The van der Waals surface area contributed by atoms with Gasteiger partial charge in [0.1, 0.15) is 0 Å². The Hall–Kier alpha value is -1.56. The Morgan fingerprint density at radius 3 is 2.82 bits per heavy atom. The molecule has 1 aromatic heterocycles. The third-order valence-corrected chi connectivity index (χ3v) is 3.96. The number of nitrogens with one attached hydrogen (secondary N) is 1. The zero-order valence-corrected chi connectivity index (χ0v) is 13.7. The summed E-state index contributed by atoms with van der Waals surface area (Å²) in [5, 5.41) is 13.3. The average molecular weight is 326 g/mol. The lowest BCUT2D eigenvalue weighted by Crippen LogP contribution is -2.50. The van der Waals surface area contributed by atoms with Crippen LogP contribution in [0.2, 0.25) is 5.02 Å². The molecular formula is C16H20ClNO4. The van der Waals surface area contributed by atoms with Gasteiger partial charge in [-0.25, -0.2) is 0 Å². The number of fused-ring (bicyclic) bond motifs is 1. The molecule has 120 valence electrons. The predicted octanol–water partition coefficient (Wildman–Crippen LogP) is 2.91. The lowest BCUT2D eigenvalue weighted by molar-refractivity contribution is 0.0704. The van der Waals surface area contributed by atoms with Gasteiger partial charge in [-0.05, 0) is 26.3 Å². The highest BCUT2D eigenvalue weighted by molar-refractivity contribution is 6.35. The van der Waals surface area contributed by atoms with Gasteiger partial charge in [-0.2, -0.15) is 0 Å². The molecule has 0 aliphatic heterocycles. The fourth-order valence-corrected chi connectivity index (χ4v) is 2.71. The van der Waals surface area contributed by atoms with Crippen molar-refractivity contribution in [3.63, 3.8) is 0 Å². The van der Waals surface area contributed by atoms with Crippen molar-refractivity contribution in [3.05, 3.63) is 34.5 Å². The molecule has 1 aromatic carbocycles. The van der Waals surface area contributed by atoms with Gasteiger partial charge >= 0.3 is 0 Å². The molecule has 5 nitrogen and oxygen atoms in total. The number of rotatable bonds is 6. The Morgan fingerprint density at radius 2 is 2.23 bits per heavy atom. The molecule has 0 spiro atoms. The molecule has 1 heterocycles. The van der Waals surface area contributed by atoms with Crippen LogP contribution in [-0.4, -0.2) is 36.9 Å². The van der Waals surface area contributed by atoms with Crippen LogP contribution in [0.4, 0.5) is 0 Å². The van der Waals surface area contributed by atoms with Crippen molar-refractivity contribution in [2.45, 2.75) is 25.8 Å². The van der Waals surface area contributed by atoms with Crippen LogP contribution in [0.1, 0.15) is 29.5 Å². The number of hydrogen-bond acceptors (Lipinski definition) is 4. The van der Waals surface area contributed by atoms with Crippen LogP contribution >= 0.6 is 11.6 Å². The van der Waals surface area contributed by atoms with E-state index in [9.17, 15) is 4.79 Å². The summed E-state index contributed by atoms with van der Waals surface area (Å²) in [6.45, 7) is 3.87. The van der Waals surface area contributed by atoms with Crippen molar-refractivity contribution in [1.82, 2.24) is 5.32 Å². The minimum absolute atomic E-state index is 0.0505. The highest BCUT2D eigenvalue weighted by Crippen LogP contribution is 2.30. The standard InChI is InChI=1S/C16H20ClNO4/c1-10-11-5-4-6-12(17)14(11)22-13(10)15(20)18-16(2,7-8-19)9-21-3/h4-6,19H,7-9H2,1-3H3,(H,18,20). The summed E-state index contributed by atoms with van der Waals surface area (Å²) >= 11 is 6.10. The second-order valence-corrected chi connectivity index (χ2v) is 6.00. The van der Waals surface area contributed by atoms with Crippen molar-refractivity contribution in [2.75, 3.05) is 20.3 Å². The van der Waals surface area contributed by atoms with Crippen LogP contribution in [0.15, 0.2) is 22.6 Å². The number of furan rings is 1. The minimum Gasteiger partial charge on any atom is -0.449 e. The molecule has 0 fully saturated rings. The molecule has 2 aromatic rings. The molecule has 0 aliphatic carbocycles. The van der Waals surface area contributed by atoms with E-state index in [1.54, 1.807) is 13.2 Å². The smallest absolute Gasteiger partial charge is 0.287 e. The Morgan fingerprint density at radius 1 is 1.50 bits per heavy atom. The number of ether oxygens (including phenoxy) is 1. The maximum atomic E-state index is 12.5. The largest absolute Gasteiger partial charge is 0.449 e. The van der Waals surface area contributed by atoms with Crippen LogP contribution in [0, 0.1) is 6.92 Å². The number of para-hydroxylation sites is 1. The molecule has 0 radical (unpaired) electrons. The summed E-state index contributed by atoms with van der Waals surface area (Å²) in [5.74, 6) is -0.124. The minimum atomic E-state index is -0.671. The molecule has 1 atom stereocenters. The third-order valence-electron chi connectivity index (χ3n) is 3.66. The maximum Gasteiger partial charge on any atom is 0.287 e. The van der Waals surface area contributed by atoms with Gasteiger partial charge in [0, 0.05) is 24.7 Å². The predicted molar refractivity (Wildman–Crippen MR) is 85.4 cm³/mol. The van der Waals surface area contributed by atoms with Gasteiger partial charge in [0.2, 0.25) is 0 Å². The summed E-state index contributed by atoms with van der Waals surface area (Å²) in [7, 11) is 1.55. The number of carbonyl (C=O) groups is 1. The quantitative estimate of drug-likeness (QED) is 0.856. The van der Waals surface area contributed by atoms with E-state index in [1.807, 2.05) is 26.0 Å². The SMILES string of the molecule is COCC(C)(CCO)NC(=O)c1oc2c(Cl)cccc2c1C. The lowest BCUT2D eigenvalue weighted by atomic mass is 9.99. The van der Waals surface area contributed by atoms with Gasteiger partial charge in [-0.1, -0.05) is 23.7 Å². The van der Waals surface area contributed by atoms with E-state index in [-0.39, 0.29) is 18.3 Å². The van der Waals surface area contributed by atoms with E-state index in [1.165, 1.54) is 0 Å². The van der Waals surface area contributed by atoms with Gasteiger partial charge in [-0.15, -0.1) is 0 Å². The van der Waals surface area contributed by atoms with Crippen LogP contribution < -0.4 is 5.32 Å². The van der Waals surface area contributed by atoms with E-state index in [0.29, 0.717) is 23.6 Å². The fraction of sp³-hybridized carbons (Fsp3) is 0.438. The Labute approximate surface area is 134 Å². The number of carbonyl (C=O) groups excluding carboxylic acids is 1. The highest BCUT2D eigenvalue weighted by Gasteiger charge is 2.29. The number of hydrogen-bond donors (Lipinski definition) is 2. The van der Waals surface area contributed by atoms with Crippen LogP contribution in [0.5, 0.6) is 0 Å². The Kier molecular flexibility index (Phi) is 5.11. The van der Waals surface area contributed by atoms with Crippen molar-refractivity contribution < 1.29 is 19.1 Å². The second-order valence-electron chi connectivity index (χ2n) is 5.59. The molecule has 0 saturated carbocycles. The van der Waals surface area contributed by atoms with Crippen molar-refractivity contribution in [1.29, 1.82) is 0 Å². The maximum absolute atomic E-state index is 12.5. The van der Waals surface area contributed by atoms with Gasteiger partial charge in [0.15, 0.2) is 11.3 Å². The highest BCUT2D eigenvalue weighted by atomic mass is 35.5. The van der Waals surface area contributed by atoms with E-state index in [0.717, 1.165) is 10.9 Å². The zero-order chi connectivity index (χ0) is 16.3.